The van der Waals surface area contributed by atoms with E-state index in [-0.39, 0.29) is 47.4 Å². The minimum Gasteiger partial charge on any atom is -0.461 e. The summed E-state index contributed by atoms with van der Waals surface area (Å²) in [7, 11) is 3.91. The second-order valence-corrected chi connectivity index (χ2v) is 11.7. The molecule has 0 N–H and O–H groups in total. The molecule has 1 aromatic heterocycles. The lowest BCUT2D eigenvalue weighted by molar-refractivity contribution is -0.142. The van der Waals surface area contributed by atoms with Crippen LogP contribution in [0.15, 0.2) is 5.38 Å². The summed E-state index contributed by atoms with van der Waals surface area (Å²) in [6.45, 7) is 13.6. The maximum atomic E-state index is 13.9. The zero-order chi connectivity index (χ0) is 27.0. The minimum absolute atomic E-state index is 0.00135. The number of likely N-dealkylation sites (N-methyl/N-ethyl adjacent to an activating group) is 1. The molecule has 0 radical (unpaired) electrons. The Labute approximate surface area is 222 Å². The van der Waals surface area contributed by atoms with Crippen LogP contribution in [0, 0.1) is 17.8 Å². The van der Waals surface area contributed by atoms with Crippen LogP contribution in [0.1, 0.15) is 101 Å². The molecule has 1 aliphatic rings. The van der Waals surface area contributed by atoms with Gasteiger partial charge in [-0.1, -0.05) is 47.5 Å². The number of rotatable bonds is 13. The molecule has 0 aliphatic carbocycles. The molecule has 0 unspecified atom stereocenters. The van der Waals surface area contributed by atoms with Crippen molar-refractivity contribution in [1.82, 2.24) is 14.8 Å². The van der Waals surface area contributed by atoms with Crippen molar-refractivity contribution >= 4 is 29.0 Å². The van der Waals surface area contributed by atoms with E-state index in [1.165, 1.54) is 11.3 Å². The minimum atomic E-state index is -0.399. The molecule has 0 spiro atoms. The molecule has 7 nitrogen and oxygen atoms in total. The molecular formula is C28H47N3O4S. The average molecular weight is 522 g/mol. The fourth-order valence-corrected chi connectivity index (χ4v) is 6.09. The molecule has 1 fully saturated rings. The number of likely N-dealkylation sites (tertiary alicyclic amines) is 1. The third-order valence-corrected chi connectivity index (χ3v) is 8.93. The summed E-state index contributed by atoms with van der Waals surface area (Å²) in [5, 5.41) is 2.62. The third kappa shape index (κ3) is 7.85. The van der Waals surface area contributed by atoms with Crippen LogP contribution in [0.25, 0.3) is 0 Å². The van der Waals surface area contributed by atoms with E-state index in [0.29, 0.717) is 18.7 Å². The average Bonchev–Trinajstić information content (AvgIpc) is 3.35. The zero-order valence-corrected chi connectivity index (χ0v) is 24.4. The number of ketones is 1. The van der Waals surface area contributed by atoms with E-state index in [0.717, 1.165) is 43.7 Å². The number of piperidine rings is 1. The van der Waals surface area contributed by atoms with E-state index in [9.17, 15) is 14.4 Å². The Bertz CT molecular complexity index is 871. The molecule has 1 aromatic rings. The Morgan fingerprint density at radius 3 is 2.47 bits per heavy atom. The van der Waals surface area contributed by atoms with Crippen molar-refractivity contribution in [3.8, 4) is 0 Å². The van der Waals surface area contributed by atoms with Gasteiger partial charge < -0.3 is 9.64 Å². The van der Waals surface area contributed by atoms with E-state index in [4.69, 9.17) is 4.74 Å². The van der Waals surface area contributed by atoms with Crippen molar-refractivity contribution < 1.29 is 19.1 Å². The summed E-state index contributed by atoms with van der Waals surface area (Å²) in [4.78, 5) is 47.7. The molecule has 0 aromatic carbocycles. The molecular weight excluding hydrogens is 474 g/mol. The van der Waals surface area contributed by atoms with Crippen LogP contribution >= 0.6 is 11.3 Å². The van der Waals surface area contributed by atoms with Gasteiger partial charge >= 0.3 is 5.97 Å². The normalized spacial score (nSPS) is 20.0. The monoisotopic (exact) mass is 521 g/mol. The standard InChI is InChI=1S/C28H47N3O4S/c1-9-19(5)21(16-25(32)23-13-11-12-14-30(23)7)27(33)31(8)24(18(3)4)15-20(6)26-29-22(17-36-26)28(34)35-10-2/h17-21,23-24H,9-16H2,1-8H3/t19-,20+,21-,23+,24+/m0/s1. The van der Waals surface area contributed by atoms with Gasteiger partial charge in [-0.25, -0.2) is 9.78 Å². The van der Waals surface area contributed by atoms with Crippen molar-refractivity contribution in [2.75, 3.05) is 27.2 Å². The molecule has 0 saturated carbocycles. The number of aromatic nitrogens is 1. The number of amides is 1. The number of hydrogen-bond acceptors (Lipinski definition) is 7. The number of carbonyl (C=O) groups excluding carboxylic acids is 3. The summed E-state index contributed by atoms with van der Waals surface area (Å²) in [6.07, 6.45) is 5.00. The van der Waals surface area contributed by atoms with Gasteiger partial charge in [0.15, 0.2) is 11.5 Å². The molecule has 1 aliphatic heterocycles. The Morgan fingerprint density at radius 1 is 1.19 bits per heavy atom. The predicted octanol–water partition coefficient (Wildman–Crippen LogP) is 5.40. The van der Waals surface area contributed by atoms with Crippen LogP contribution in [-0.4, -0.2) is 71.8 Å². The lowest BCUT2D eigenvalue weighted by atomic mass is 9.82. The Kier molecular flexibility index (Phi) is 12.0. The summed E-state index contributed by atoms with van der Waals surface area (Å²) in [5.74, 6) is 0.0128. The molecule has 204 valence electrons. The number of hydrogen-bond donors (Lipinski definition) is 0. The van der Waals surface area contributed by atoms with Gasteiger partial charge in [-0.15, -0.1) is 11.3 Å². The lowest BCUT2D eigenvalue weighted by Gasteiger charge is -2.37. The molecule has 5 atom stereocenters. The first-order chi connectivity index (χ1) is 17.0. The highest BCUT2D eigenvalue weighted by Crippen LogP contribution is 2.31. The van der Waals surface area contributed by atoms with Crippen LogP contribution in [-0.2, 0) is 14.3 Å². The van der Waals surface area contributed by atoms with Crippen molar-refractivity contribution in [1.29, 1.82) is 0 Å². The summed E-state index contributed by atoms with van der Waals surface area (Å²) < 4.78 is 5.07. The van der Waals surface area contributed by atoms with Crippen LogP contribution in [0.5, 0.6) is 0 Å². The van der Waals surface area contributed by atoms with Crippen LogP contribution in [0.2, 0.25) is 0 Å². The molecule has 36 heavy (non-hydrogen) atoms. The highest BCUT2D eigenvalue weighted by atomic mass is 32.1. The summed E-state index contributed by atoms with van der Waals surface area (Å²) in [5.41, 5.74) is 0.345. The number of nitrogens with zero attached hydrogens (tertiary/aromatic N) is 3. The first-order valence-electron chi connectivity index (χ1n) is 13.6. The topological polar surface area (TPSA) is 79.8 Å². The summed E-state index contributed by atoms with van der Waals surface area (Å²) in [6, 6.07) is -0.0655. The van der Waals surface area contributed by atoms with Gasteiger partial charge in [0.1, 0.15) is 0 Å². The predicted molar refractivity (Wildman–Crippen MR) is 145 cm³/mol. The van der Waals surface area contributed by atoms with Crippen LogP contribution in [0.3, 0.4) is 0 Å². The number of thiazole rings is 1. The quantitative estimate of drug-likeness (QED) is 0.323. The second-order valence-electron chi connectivity index (χ2n) is 10.8. The molecule has 1 amide bonds. The van der Waals surface area contributed by atoms with Gasteiger partial charge in [0.25, 0.3) is 0 Å². The zero-order valence-electron chi connectivity index (χ0n) is 23.6. The molecule has 2 rings (SSSR count). The summed E-state index contributed by atoms with van der Waals surface area (Å²) >= 11 is 1.46. The van der Waals surface area contributed by atoms with Crippen molar-refractivity contribution in [2.45, 2.75) is 98.1 Å². The van der Waals surface area contributed by atoms with E-state index < -0.39 is 5.97 Å². The van der Waals surface area contributed by atoms with Gasteiger partial charge in [-0.05, 0) is 51.6 Å². The van der Waals surface area contributed by atoms with Crippen molar-refractivity contribution in [3.05, 3.63) is 16.1 Å². The molecule has 2 heterocycles. The van der Waals surface area contributed by atoms with E-state index in [2.05, 4.69) is 44.5 Å². The maximum Gasteiger partial charge on any atom is 0.357 e. The SMILES string of the molecule is CCOC(=O)c1csc([C@H](C)C[C@H](C(C)C)N(C)C(=O)[C@@H](CC(=O)[C@H]2CCCCN2C)[C@@H](C)CC)n1. The van der Waals surface area contributed by atoms with Gasteiger partial charge in [-0.2, -0.15) is 0 Å². The van der Waals surface area contributed by atoms with Crippen LogP contribution in [0.4, 0.5) is 0 Å². The van der Waals surface area contributed by atoms with E-state index in [1.807, 2.05) is 19.0 Å². The largest absolute Gasteiger partial charge is 0.461 e. The van der Waals surface area contributed by atoms with Gasteiger partial charge in [0.2, 0.25) is 5.91 Å². The smallest absolute Gasteiger partial charge is 0.357 e. The van der Waals surface area contributed by atoms with E-state index >= 15 is 0 Å². The van der Waals surface area contributed by atoms with Crippen molar-refractivity contribution in [3.63, 3.8) is 0 Å². The fourth-order valence-electron chi connectivity index (χ4n) is 5.23. The first-order valence-corrected chi connectivity index (χ1v) is 14.5. The van der Waals surface area contributed by atoms with Gasteiger partial charge in [0, 0.05) is 36.7 Å². The fraction of sp³-hybridized carbons (Fsp3) is 0.786. The number of Topliss-reactive ketones (excluding diaryl/α,β-unsaturated/α-hetero) is 1. The highest BCUT2D eigenvalue weighted by molar-refractivity contribution is 7.09. The first kappa shape index (κ1) is 30.4. The van der Waals surface area contributed by atoms with Gasteiger partial charge in [0.05, 0.1) is 17.7 Å². The Hall–Kier alpha value is -1.80. The number of carbonyl (C=O) groups is 3. The van der Waals surface area contributed by atoms with Gasteiger partial charge in [-0.3, -0.25) is 14.5 Å². The molecule has 8 heteroatoms. The Balaban J connectivity index is 2.15. The van der Waals surface area contributed by atoms with E-state index in [1.54, 1.807) is 12.3 Å². The van der Waals surface area contributed by atoms with Crippen molar-refractivity contribution in [2.24, 2.45) is 17.8 Å². The maximum absolute atomic E-state index is 13.9. The second kappa shape index (κ2) is 14.2. The number of esters is 1. The molecule has 1 saturated heterocycles. The Morgan fingerprint density at radius 2 is 1.89 bits per heavy atom. The lowest BCUT2D eigenvalue weighted by Crippen LogP contribution is -2.48. The van der Waals surface area contributed by atoms with Crippen LogP contribution < -0.4 is 0 Å². The number of ether oxygens (including phenoxy) is 1. The highest BCUT2D eigenvalue weighted by Gasteiger charge is 2.36. The molecule has 0 bridgehead atoms. The third-order valence-electron chi connectivity index (χ3n) is 7.85.